The molecule has 1 heterocycles. The normalized spacial score (nSPS) is 10.7. The molecule has 0 saturated heterocycles. The van der Waals surface area contributed by atoms with Crippen LogP contribution >= 0.6 is 15.9 Å². The van der Waals surface area contributed by atoms with Gasteiger partial charge in [-0.2, -0.15) is 0 Å². The van der Waals surface area contributed by atoms with Gasteiger partial charge in [-0.05, 0) is 24.5 Å². The highest BCUT2D eigenvalue weighted by Crippen LogP contribution is 2.16. The summed E-state index contributed by atoms with van der Waals surface area (Å²) < 4.78 is 0. The summed E-state index contributed by atoms with van der Waals surface area (Å²) in [5, 5.41) is 0.870. The molecule has 0 bridgehead atoms. The Labute approximate surface area is 101 Å². The van der Waals surface area contributed by atoms with Gasteiger partial charge in [-0.1, -0.05) is 35.8 Å². The van der Waals surface area contributed by atoms with Gasteiger partial charge in [0.05, 0.1) is 0 Å². The second-order valence-electron chi connectivity index (χ2n) is 3.74. The number of anilines is 1. The minimum Gasteiger partial charge on any atom is -0.357 e. The smallest absolute Gasteiger partial charge is 0.128 e. The molecule has 0 radical (unpaired) electrons. The Balaban J connectivity index is 2.76. The quantitative estimate of drug-likeness (QED) is 0.761. The lowest BCUT2D eigenvalue weighted by Crippen LogP contribution is -2.30. The predicted molar refractivity (Wildman–Crippen MR) is 69.6 cm³/mol. The molecule has 0 aliphatic rings. The molecule has 0 fully saturated rings. The number of halogens is 1. The molecule has 0 unspecified atom stereocenters. The molecule has 1 rings (SSSR count). The molecule has 0 atom stereocenters. The Morgan fingerprint density at radius 2 is 2.00 bits per heavy atom. The molecule has 3 heteroatoms. The van der Waals surface area contributed by atoms with Crippen molar-refractivity contribution in [2.24, 2.45) is 0 Å². The maximum Gasteiger partial charge on any atom is 0.128 e. The molecule has 84 valence electrons. The van der Waals surface area contributed by atoms with Crippen molar-refractivity contribution in [2.45, 2.75) is 38.1 Å². The first-order valence-electron chi connectivity index (χ1n) is 5.46. The molecule has 0 aliphatic heterocycles. The Morgan fingerprint density at radius 1 is 1.33 bits per heavy atom. The van der Waals surface area contributed by atoms with E-state index in [0.717, 1.165) is 24.0 Å². The highest BCUT2D eigenvalue weighted by atomic mass is 79.9. The van der Waals surface area contributed by atoms with Gasteiger partial charge < -0.3 is 4.90 Å². The molecule has 0 spiro atoms. The van der Waals surface area contributed by atoms with Crippen LogP contribution in [0.3, 0.4) is 0 Å². The zero-order valence-electron chi connectivity index (χ0n) is 9.70. The van der Waals surface area contributed by atoms with Crippen molar-refractivity contribution in [1.29, 1.82) is 0 Å². The first-order valence-corrected chi connectivity index (χ1v) is 6.58. The summed E-state index contributed by atoms with van der Waals surface area (Å²) in [4.78, 5) is 6.72. The van der Waals surface area contributed by atoms with Crippen LogP contribution in [0.25, 0.3) is 0 Å². The largest absolute Gasteiger partial charge is 0.357 e. The van der Waals surface area contributed by atoms with Gasteiger partial charge in [-0.3, -0.25) is 0 Å². The van der Waals surface area contributed by atoms with E-state index in [9.17, 15) is 0 Å². The molecule has 0 aromatic carbocycles. The van der Waals surface area contributed by atoms with Gasteiger partial charge in [0.1, 0.15) is 5.82 Å². The third-order valence-electron chi connectivity index (χ3n) is 2.82. The van der Waals surface area contributed by atoms with Crippen LogP contribution in [0.1, 0.15) is 32.3 Å². The van der Waals surface area contributed by atoms with Crippen LogP contribution < -0.4 is 4.90 Å². The number of alkyl halides is 1. The second kappa shape index (κ2) is 6.11. The van der Waals surface area contributed by atoms with E-state index in [1.807, 2.05) is 6.20 Å². The number of pyridine rings is 1. The highest BCUT2D eigenvalue weighted by Gasteiger charge is 2.11. The van der Waals surface area contributed by atoms with E-state index in [2.05, 4.69) is 58.8 Å². The number of rotatable bonds is 5. The summed E-state index contributed by atoms with van der Waals surface area (Å²) in [6, 6.07) is 4.80. The third kappa shape index (κ3) is 3.20. The first kappa shape index (κ1) is 12.5. The van der Waals surface area contributed by atoms with E-state index in [1.165, 1.54) is 5.56 Å². The first-order chi connectivity index (χ1) is 7.22. The van der Waals surface area contributed by atoms with E-state index >= 15 is 0 Å². The van der Waals surface area contributed by atoms with Gasteiger partial charge in [-0.25, -0.2) is 4.98 Å². The molecule has 1 aromatic rings. The summed E-state index contributed by atoms with van der Waals surface area (Å²) in [5.74, 6) is 1.06. The monoisotopic (exact) mass is 270 g/mol. The van der Waals surface area contributed by atoms with Crippen LogP contribution in [0, 0.1) is 0 Å². The molecule has 0 saturated carbocycles. The van der Waals surface area contributed by atoms with Crippen LogP contribution in [0.4, 0.5) is 5.82 Å². The number of hydrogen-bond acceptors (Lipinski definition) is 2. The minimum absolute atomic E-state index is 0.590. The van der Waals surface area contributed by atoms with E-state index in [1.54, 1.807) is 0 Å². The number of hydrogen-bond donors (Lipinski definition) is 0. The fourth-order valence-electron chi connectivity index (χ4n) is 1.73. The molecule has 1 aromatic heterocycles. The zero-order chi connectivity index (χ0) is 11.3. The maximum absolute atomic E-state index is 4.46. The van der Waals surface area contributed by atoms with Crippen molar-refractivity contribution in [1.82, 2.24) is 4.98 Å². The van der Waals surface area contributed by atoms with Gasteiger partial charge in [0.2, 0.25) is 0 Å². The minimum atomic E-state index is 0.590. The Hall–Kier alpha value is -0.570. The fourth-order valence-corrected chi connectivity index (χ4v) is 2.06. The number of aromatic nitrogens is 1. The summed E-state index contributed by atoms with van der Waals surface area (Å²) in [6.45, 7) is 4.44. The van der Waals surface area contributed by atoms with Crippen molar-refractivity contribution in [2.75, 3.05) is 11.9 Å². The number of nitrogens with zero attached hydrogens (tertiary/aromatic N) is 2. The van der Waals surface area contributed by atoms with Crippen molar-refractivity contribution in [3.05, 3.63) is 23.9 Å². The van der Waals surface area contributed by atoms with Crippen LogP contribution in [0.5, 0.6) is 0 Å². The van der Waals surface area contributed by atoms with Gasteiger partial charge >= 0.3 is 0 Å². The van der Waals surface area contributed by atoms with Crippen molar-refractivity contribution < 1.29 is 0 Å². The van der Waals surface area contributed by atoms with Crippen molar-refractivity contribution >= 4 is 21.7 Å². The molecule has 0 amide bonds. The third-order valence-corrected chi connectivity index (χ3v) is 3.46. The maximum atomic E-state index is 4.46. The van der Waals surface area contributed by atoms with E-state index in [-0.39, 0.29) is 0 Å². The standard InChI is InChI=1S/C12H19BrN2/c1-4-11(5-2)15(3)12-7-6-10(8-13)9-14-12/h6-7,9,11H,4-5,8H2,1-3H3. The van der Waals surface area contributed by atoms with Crippen LogP contribution in [-0.4, -0.2) is 18.1 Å². The lowest BCUT2D eigenvalue weighted by molar-refractivity contribution is 0.587. The fraction of sp³-hybridized carbons (Fsp3) is 0.583. The summed E-state index contributed by atoms with van der Waals surface area (Å²) >= 11 is 3.42. The van der Waals surface area contributed by atoms with Crippen molar-refractivity contribution in [3.63, 3.8) is 0 Å². The molecule has 0 N–H and O–H groups in total. The summed E-state index contributed by atoms with van der Waals surface area (Å²) in [5.41, 5.74) is 1.22. The second-order valence-corrected chi connectivity index (χ2v) is 4.30. The highest BCUT2D eigenvalue weighted by molar-refractivity contribution is 9.08. The van der Waals surface area contributed by atoms with E-state index in [0.29, 0.717) is 6.04 Å². The van der Waals surface area contributed by atoms with E-state index < -0.39 is 0 Å². The molecule has 15 heavy (non-hydrogen) atoms. The molecular weight excluding hydrogens is 252 g/mol. The summed E-state index contributed by atoms with van der Waals surface area (Å²) in [7, 11) is 2.12. The average molecular weight is 271 g/mol. The topological polar surface area (TPSA) is 16.1 Å². The van der Waals surface area contributed by atoms with Crippen LogP contribution in [0.2, 0.25) is 0 Å². The predicted octanol–water partition coefficient (Wildman–Crippen LogP) is 3.60. The Kier molecular flexibility index (Phi) is 5.09. The van der Waals surface area contributed by atoms with Crippen LogP contribution in [-0.2, 0) is 5.33 Å². The molecule has 2 nitrogen and oxygen atoms in total. The van der Waals surface area contributed by atoms with Gasteiger partial charge in [0.25, 0.3) is 0 Å². The van der Waals surface area contributed by atoms with E-state index in [4.69, 9.17) is 0 Å². The zero-order valence-corrected chi connectivity index (χ0v) is 11.3. The lowest BCUT2D eigenvalue weighted by atomic mass is 10.1. The lowest BCUT2D eigenvalue weighted by Gasteiger charge is -2.27. The van der Waals surface area contributed by atoms with Gasteiger partial charge in [-0.15, -0.1) is 0 Å². The van der Waals surface area contributed by atoms with Crippen molar-refractivity contribution in [3.8, 4) is 0 Å². The van der Waals surface area contributed by atoms with Crippen LogP contribution in [0.15, 0.2) is 18.3 Å². The average Bonchev–Trinajstić information content (AvgIpc) is 2.30. The molecule has 0 aliphatic carbocycles. The van der Waals surface area contributed by atoms with Gasteiger partial charge in [0.15, 0.2) is 0 Å². The SMILES string of the molecule is CCC(CC)N(C)c1ccc(CBr)cn1. The molecular formula is C12H19BrN2. The Morgan fingerprint density at radius 3 is 2.40 bits per heavy atom. The Bertz CT molecular complexity index is 280. The van der Waals surface area contributed by atoms with Gasteiger partial charge in [0, 0.05) is 24.6 Å². The summed E-state index contributed by atoms with van der Waals surface area (Å²) in [6.07, 6.45) is 4.26.